The standard InChI is InChI=1S/C17H12N2O6S/c18-14(20)8-19-15(21)13(26-17(19)24)7-11-4-5-12(25-11)9-2-1-3-10(6-9)16(22)23/h1-7H,8H2,(H2,18,20)(H,22,23)/b13-7-. The molecule has 0 aliphatic carbocycles. The number of carbonyl (C=O) groups excluding carboxylic acids is 3. The molecular formula is C17H12N2O6S. The maximum absolute atomic E-state index is 12.2. The lowest BCUT2D eigenvalue weighted by Crippen LogP contribution is -2.36. The van der Waals surface area contributed by atoms with Crippen LogP contribution >= 0.6 is 11.8 Å². The first kappa shape index (κ1) is 17.5. The predicted octanol–water partition coefficient (Wildman–Crippen LogP) is 2.17. The van der Waals surface area contributed by atoms with Crippen molar-refractivity contribution in [1.29, 1.82) is 0 Å². The lowest BCUT2D eigenvalue weighted by Gasteiger charge is -2.08. The van der Waals surface area contributed by atoms with E-state index in [1.54, 1.807) is 24.3 Å². The highest BCUT2D eigenvalue weighted by atomic mass is 32.2. The van der Waals surface area contributed by atoms with Crippen molar-refractivity contribution in [2.24, 2.45) is 5.73 Å². The average molecular weight is 372 g/mol. The molecule has 3 amide bonds. The Morgan fingerprint density at radius 2 is 2.00 bits per heavy atom. The summed E-state index contributed by atoms with van der Waals surface area (Å²) in [6.07, 6.45) is 1.39. The molecule has 1 aliphatic rings. The Bertz CT molecular complexity index is 962. The van der Waals surface area contributed by atoms with Crippen LogP contribution in [0.1, 0.15) is 16.1 Å². The molecule has 132 valence electrons. The number of thioether (sulfide) groups is 1. The average Bonchev–Trinajstić information content (AvgIpc) is 3.15. The van der Waals surface area contributed by atoms with E-state index in [4.69, 9.17) is 15.3 Å². The number of furan rings is 1. The number of benzene rings is 1. The van der Waals surface area contributed by atoms with Crippen molar-refractivity contribution in [2.45, 2.75) is 0 Å². The van der Waals surface area contributed by atoms with Crippen LogP contribution in [-0.4, -0.2) is 39.6 Å². The van der Waals surface area contributed by atoms with Crippen LogP contribution in [0.15, 0.2) is 45.7 Å². The maximum Gasteiger partial charge on any atom is 0.335 e. The van der Waals surface area contributed by atoms with Crippen LogP contribution in [0.2, 0.25) is 0 Å². The number of amides is 3. The zero-order chi connectivity index (χ0) is 18.8. The lowest BCUT2D eigenvalue weighted by atomic mass is 10.1. The fraction of sp³-hybridized carbons (Fsp3) is 0.0588. The first-order valence-electron chi connectivity index (χ1n) is 7.32. The van der Waals surface area contributed by atoms with Crippen LogP contribution in [0.25, 0.3) is 17.4 Å². The number of carboxylic acids is 1. The summed E-state index contributed by atoms with van der Waals surface area (Å²) in [5.74, 6) is -1.74. The van der Waals surface area contributed by atoms with E-state index in [1.165, 1.54) is 18.2 Å². The molecule has 0 atom stereocenters. The molecule has 0 saturated carbocycles. The van der Waals surface area contributed by atoms with Crippen molar-refractivity contribution >= 4 is 40.9 Å². The van der Waals surface area contributed by atoms with Crippen LogP contribution in [-0.2, 0) is 9.59 Å². The summed E-state index contributed by atoms with van der Waals surface area (Å²) in [6, 6.07) is 9.42. The number of nitrogens with zero attached hydrogens (tertiary/aromatic N) is 1. The normalized spacial score (nSPS) is 15.7. The molecule has 0 radical (unpaired) electrons. The third-order valence-electron chi connectivity index (χ3n) is 3.48. The highest BCUT2D eigenvalue weighted by Gasteiger charge is 2.36. The van der Waals surface area contributed by atoms with E-state index in [-0.39, 0.29) is 10.5 Å². The predicted molar refractivity (Wildman–Crippen MR) is 93.0 cm³/mol. The minimum Gasteiger partial charge on any atom is -0.478 e. The summed E-state index contributed by atoms with van der Waals surface area (Å²) in [7, 11) is 0. The quantitative estimate of drug-likeness (QED) is 0.769. The second kappa shape index (κ2) is 6.89. The van der Waals surface area contributed by atoms with Crippen LogP contribution in [0.5, 0.6) is 0 Å². The van der Waals surface area contributed by atoms with Crippen LogP contribution in [0, 0.1) is 0 Å². The minimum absolute atomic E-state index is 0.108. The van der Waals surface area contributed by atoms with Crippen molar-refractivity contribution in [3.05, 3.63) is 52.6 Å². The van der Waals surface area contributed by atoms with E-state index in [0.29, 0.717) is 28.8 Å². The molecule has 1 saturated heterocycles. The number of imide groups is 1. The Hall–Kier alpha value is -3.33. The fourth-order valence-corrected chi connectivity index (χ4v) is 3.13. The Balaban J connectivity index is 1.85. The third-order valence-corrected chi connectivity index (χ3v) is 4.39. The molecule has 0 unspecified atom stereocenters. The first-order chi connectivity index (χ1) is 12.3. The van der Waals surface area contributed by atoms with Gasteiger partial charge in [0.2, 0.25) is 5.91 Å². The molecule has 0 spiro atoms. The summed E-state index contributed by atoms with van der Waals surface area (Å²) < 4.78 is 5.61. The maximum atomic E-state index is 12.2. The van der Waals surface area contributed by atoms with Gasteiger partial charge in [-0.3, -0.25) is 19.3 Å². The highest BCUT2D eigenvalue weighted by molar-refractivity contribution is 8.18. The largest absolute Gasteiger partial charge is 0.478 e. The number of carboxylic acid groups (broad SMARTS) is 1. The van der Waals surface area contributed by atoms with Gasteiger partial charge >= 0.3 is 5.97 Å². The number of hydrogen-bond acceptors (Lipinski definition) is 6. The van der Waals surface area contributed by atoms with E-state index >= 15 is 0 Å². The Morgan fingerprint density at radius 1 is 1.23 bits per heavy atom. The molecule has 2 heterocycles. The molecule has 2 aromatic rings. The Morgan fingerprint density at radius 3 is 2.69 bits per heavy atom. The van der Waals surface area contributed by atoms with Crippen molar-refractivity contribution in [3.63, 3.8) is 0 Å². The number of aromatic carboxylic acids is 1. The monoisotopic (exact) mass is 372 g/mol. The summed E-state index contributed by atoms with van der Waals surface area (Å²) >= 11 is 0.683. The second-order valence-corrected chi connectivity index (χ2v) is 6.32. The van der Waals surface area contributed by atoms with Gasteiger partial charge in [0.1, 0.15) is 18.1 Å². The van der Waals surface area contributed by atoms with Crippen molar-refractivity contribution < 1.29 is 28.7 Å². The minimum atomic E-state index is -1.05. The molecule has 3 rings (SSSR count). The number of carbonyl (C=O) groups is 4. The van der Waals surface area contributed by atoms with Crippen LogP contribution in [0.4, 0.5) is 4.79 Å². The molecule has 9 heteroatoms. The smallest absolute Gasteiger partial charge is 0.335 e. The SMILES string of the molecule is NC(=O)CN1C(=O)S/C(=C\c2ccc(-c3cccc(C(=O)O)c3)o2)C1=O. The van der Waals surface area contributed by atoms with E-state index in [2.05, 4.69) is 0 Å². The molecule has 1 aromatic heterocycles. The fourth-order valence-electron chi connectivity index (χ4n) is 2.31. The van der Waals surface area contributed by atoms with E-state index in [1.807, 2.05) is 0 Å². The molecule has 0 bridgehead atoms. The van der Waals surface area contributed by atoms with Gasteiger partial charge in [-0.05, 0) is 36.0 Å². The van der Waals surface area contributed by atoms with Crippen LogP contribution < -0.4 is 5.73 Å². The summed E-state index contributed by atoms with van der Waals surface area (Å²) in [4.78, 5) is 46.8. The van der Waals surface area contributed by atoms with Gasteiger partial charge in [-0.15, -0.1) is 0 Å². The van der Waals surface area contributed by atoms with Gasteiger partial charge in [0.15, 0.2) is 0 Å². The molecular weight excluding hydrogens is 360 g/mol. The molecule has 1 aliphatic heterocycles. The third kappa shape index (κ3) is 3.52. The van der Waals surface area contributed by atoms with Crippen molar-refractivity contribution in [1.82, 2.24) is 4.90 Å². The lowest BCUT2D eigenvalue weighted by molar-refractivity contribution is -0.127. The van der Waals surface area contributed by atoms with Gasteiger partial charge < -0.3 is 15.3 Å². The number of rotatable bonds is 5. The van der Waals surface area contributed by atoms with Gasteiger partial charge in [-0.25, -0.2) is 4.79 Å². The Labute approximate surface area is 151 Å². The molecule has 1 fully saturated rings. The molecule has 26 heavy (non-hydrogen) atoms. The topological polar surface area (TPSA) is 131 Å². The number of primary amides is 1. The molecule has 1 aromatic carbocycles. The summed E-state index contributed by atoms with van der Waals surface area (Å²) in [6.45, 7) is -0.479. The summed E-state index contributed by atoms with van der Waals surface area (Å²) in [5, 5.41) is 8.46. The zero-order valence-electron chi connectivity index (χ0n) is 13.2. The van der Waals surface area contributed by atoms with Gasteiger partial charge in [0, 0.05) is 11.6 Å². The van der Waals surface area contributed by atoms with Crippen molar-refractivity contribution in [3.8, 4) is 11.3 Å². The van der Waals surface area contributed by atoms with Gasteiger partial charge in [-0.2, -0.15) is 0 Å². The van der Waals surface area contributed by atoms with Gasteiger partial charge in [0.05, 0.1) is 10.5 Å². The van der Waals surface area contributed by atoms with Gasteiger partial charge in [-0.1, -0.05) is 12.1 Å². The number of nitrogens with two attached hydrogens (primary N) is 1. The molecule has 8 nitrogen and oxygen atoms in total. The highest BCUT2D eigenvalue weighted by Crippen LogP contribution is 2.33. The zero-order valence-corrected chi connectivity index (χ0v) is 14.0. The summed E-state index contributed by atoms with van der Waals surface area (Å²) in [5.41, 5.74) is 5.70. The van der Waals surface area contributed by atoms with Gasteiger partial charge in [0.25, 0.3) is 11.1 Å². The Kier molecular flexibility index (Phi) is 4.63. The second-order valence-electron chi connectivity index (χ2n) is 5.32. The van der Waals surface area contributed by atoms with E-state index in [9.17, 15) is 19.2 Å². The molecule has 3 N–H and O–H groups in total. The van der Waals surface area contributed by atoms with E-state index in [0.717, 1.165) is 4.90 Å². The first-order valence-corrected chi connectivity index (χ1v) is 8.14. The van der Waals surface area contributed by atoms with Crippen molar-refractivity contribution in [2.75, 3.05) is 6.54 Å². The van der Waals surface area contributed by atoms with Crippen LogP contribution in [0.3, 0.4) is 0 Å². The van der Waals surface area contributed by atoms with E-state index < -0.39 is 29.6 Å². The number of hydrogen-bond donors (Lipinski definition) is 2.